The van der Waals surface area contributed by atoms with Gasteiger partial charge in [0, 0.05) is 7.05 Å². The maximum atomic E-state index is 12.3. The number of rotatable bonds is 5. The summed E-state index contributed by atoms with van der Waals surface area (Å²) in [6.07, 6.45) is 1.89. The summed E-state index contributed by atoms with van der Waals surface area (Å²) in [5.74, 6) is 0.0539. The topological polar surface area (TPSA) is 60.7 Å². The van der Waals surface area contributed by atoms with Crippen molar-refractivity contribution >= 4 is 33.2 Å². The summed E-state index contributed by atoms with van der Waals surface area (Å²) < 4.78 is 6.56. The summed E-state index contributed by atoms with van der Waals surface area (Å²) in [4.78, 5) is 13.0. The van der Waals surface area contributed by atoms with E-state index < -0.39 is 0 Å². The summed E-state index contributed by atoms with van der Waals surface area (Å²) in [6, 6.07) is 0. The molecular weight excluding hydrogens is 328 g/mol. The number of aryl methyl sites for hydroxylation is 3. The molecule has 7 heteroatoms. The van der Waals surface area contributed by atoms with Crippen LogP contribution < -0.4 is 0 Å². The molecule has 0 fully saturated rings. The van der Waals surface area contributed by atoms with Gasteiger partial charge in [-0.1, -0.05) is 18.3 Å². The van der Waals surface area contributed by atoms with Crippen LogP contribution in [0.15, 0.2) is 4.47 Å². The highest BCUT2D eigenvalue weighted by atomic mass is 79.9. The van der Waals surface area contributed by atoms with E-state index in [1.165, 1.54) is 11.5 Å². The van der Waals surface area contributed by atoms with Crippen LogP contribution in [0, 0.1) is 0 Å². The standard InChI is InChI=1S/C12H15BrN4OS/c1-4-7-11(13)9(17(3)15-7)6-10(18)12-8(5-2)14-16-19-12/h4-6H2,1-3H3. The molecule has 0 N–H and O–H groups in total. The summed E-state index contributed by atoms with van der Waals surface area (Å²) in [7, 11) is 1.86. The SMILES string of the molecule is CCc1nnsc1C(=O)Cc1c(Br)c(CC)nn1C. The number of halogens is 1. The van der Waals surface area contributed by atoms with Crippen LogP contribution in [-0.4, -0.2) is 25.2 Å². The summed E-state index contributed by atoms with van der Waals surface area (Å²) in [6.45, 7) is 4.02. The Hall–Kier alpha value is -1.08. The molecule has 5 nitrogen and oxygen atoms in total. The number of nitrogens with zero attached hydrogens (tertiary/aromatic N) is 4. The third-order valence-corrected chi connectivity index (χ3v) is 4.70. The molecule has 0 amide bonds. The largest absolute Gasteiger partial charge is 0.293 e. The van der Waals surface area contributed by atoms with E-state index in [1.807, 2.05) is 20.9 Å². The third-order valence-electron chi connectivity index (χ3n) is 2.97. The fourth-order valence-corrected chi connectivity index (χ4v) is 3.34. The van der Waals surface area contributed by atoms with E-state index in [1.54, 1.807) is 4.68 Å². The minimum atomic E-state index is 0.0539. The van der Waals surface area contributed by atoms with E-state index in [4.69, 9.17) is 0 Å². The van der Waals surface area contributed by atoms with Crippen molar-refractivity contribution in [3.63, 3.8) is 0 Å². The van der Waals surface area contributed by atoms with Crippen LogP contribution >= 0.6 is 27.5 Å². The van der Waals surface area contributed by atoms with Crippen molar-refractivity contribution in [1.82, 2.24) is 19.4 Å². The van der Waals surface area contributed by atoms with Crippen molar-refractivity contribution in [1.29, 1.82) is 0 Å². The van der Waals surface area contributed by atoms with E-state index in [2.05, 4.69) is 30.6 Å². The molecular formula is C12H15BrN4OS. The first-order chi connectivity index (χ1) is 9.08. The smallest absolute Gasteiger partial charge is 0.182 e. The lowest BCUT2D eigenvalue weighted by Gasteiger charge is -2.01. The van der Waals surface area contributed by atoms with Gasteiger partial charge in [0.25, 0.3) is 0 Å². The normalized spacial score (nSPS) is 10.9. The van der Waals surface area contributed by atoms with E-state index in [-0.39, 0.29) is 5.78 Å². The van der Waals surface area contributed by atoms with Crippen molar-refractivity contribution in [2.24, 2.45) is 7.05 Å². The van der Waals surface area contributed by atoms with Crippen LogP contribution in [0.1, 0.15) is 40.6 Å². The minimum Gasteiger partial charge on any atom is -0.293 e. The lowest BCUT2D eigenvalue weighted by Crippen LogP contribution is -2.09. The van der Waals surface area contributed by atoms with Crippen LogP contribution in [0.25, 0.3) is 0 Å². The molecule has 0 atom stereocenters. The zero-order valence-electron chi connectivity index (χ0n) is 11.1. The van der Waals surface area contributed by atoms with Crippen molar-refractivity contribution in [3.8, 4) is 0 Å². The van der Waals surface area contributed by atoms with Gasteiger partial charge in [0.1, 0.15) is 4.88 Å². The van der Waals surface area contributed by atoms with Gasteiger partial charge in [0.05, 0.1) is 28.0 Å². The summed E-state index contributed by atoms with van der Waals surface area (Å²) in [5.41, 5.74) is 2.66. The number of aromatic nitrogens is 4. The van der Waals surface area contributed by atoms with E-state index in [0.717, 1.165) is 34.4 Å². The van der Waals surface area contributed by atoms with Crippen LogP contribution in [0.3, 0.4) is 0 Å². The first-order valence-corrected chi connectivity index (χ1v) is 7.69. The fraction of sp³-hybridized carbons (Fsp3) is 0.500. The van der Waals surface area contributed by atoms with Gasteiger partial charge in [-0.2, -0.15) is 5.10 Å². The average molecular weight is 343 g/mol. The number of Topliss-reactive ketones (excluding diaryl/α,β-unsaturated/α-hetero) is 1. The van der Waals surface area contributed by atoms with Gasteiger partial charge >= 0.3 is 0 Å². The number of hydrogen-bond acceptors (Lipinski definition) is 5. The Morgan fingerprint density at radius 1 is 1.32 bits per heavy atom. The fourth-order valence-electron chi connectivity index (χ4n) is 1.90. The first-order valence-electron chi connectivity index (χ1n) is 6.13. The molecule has 2 aromatic heterocycles. The minimum absolute atomic E-state index is 0.0539. The van der Waals surface area contributed by atoms with E-state index in [9.17, 15) is 4.79 Å². The molecule has 2 aromatic rings. The molecule has 2 rings (SSSR count). The number of hydrogen-bond donors (Lipinski definition) is 0. The molecule has 0 unspecified atom stereocenters. The highest BCUT2D eigenvalue weighted by molar-refractivity contribution is 9.10. The second kappa shape index (κ2) is 5.92. The molecule has 0 bridgehead atoms. The number of carbonyl (C=O) groups excluding carboxylic acids is 1. The molecule has 19 heavy (non-hydrogen) atoms. The van der Waals surface area contributed by atoms with Gasteiger partial charge in [-0.3, -0.25) is 9.48 Å². The van der Waals surface area contributed by atoms with Gasteiger partial charge in [-0.05, 0) is 40.3 Å². The monoisotopic (exact) mass is 342 g/mol. The molecule has 0 aliphatic heterocycles. The van der Waals surface area contributed by atoms with Crippen molar-refractivity contribution < 1.29 is 4.79 Å². The second-order valence-electron chi connectivity index (χ2n) is 4.19. The van der Waals surface area contributed by atoms with E-state index >= 15 is 0 Å². The van der Waals surface area contributed by atoms with Gasteiger partial charge < -0.3 is 0 Å². The van der Waals surface area contributed by atoms with Gasteiger partial charge in [-0.15, -0.1) is 5.10 Å². The first kappa shape index (κ1) is 14.3. The molecule has 0 aliphatic rings. The summed E-state index contributed by atoms with van der Waals surface area (Å²) >= 11 is 4.70. The maximum Gasteiger partial charge on any atom is 0.182 e. The third kappa shape index (κ3) is 2.76. The molecule has 0 aliphatic carbocycles. The molecule has 0 radical (unpaired) electrons. The Labute approximate surface area is 124 Å². The highest BCUT2D eigenvalue weighted by Gasteiger charge is 2.20. The molecule has 0 saturated carbocycles. The Balaban J connectivity index is 2.27. The van der Waals surface area contributed by atoms with Crippen LogP contribution in [-0.2, 0) is 26.3 Å². The molecule has 0 spiro atoms. The van der Waals surface area contributed by atoms with Crippen molar-refractivity contribution in [2.75, 3.05) is 0 Å². The average Bonchev–Trinajstić information content (AvgIpc) is 2.97. The Kier molecular flexibility index (Phi) is 4.46. The van der Waals surface area contributed by atoms with Crippen LogP contribution in [0.5, 0.6) is 0 Å². The lowest BCUT2D eigenvalue weighted by atomic mass is 10.1. The van der Waals surface area contributed by atoms with Gasteiger partial charge in [-0.25, -0.2) is 0 Å². The highest BCUT2D eigenvalue weighted by Crippen LogP contribution is 2.24. The molecule has 2 heterocycles. The zero-order chi connectivity index (χ0) is 14.0. The Bertz CT molecular complexity index is 605. The van der Waals surface area contributed by atoms with E-state index in [0.29, 0.717) is 11.3 Å². The second-order valence-corrected chi connectivity index (χ2v) is 5.73. The summed E-state index contributed by atoms with van der Waals surface area (Å²) in [5, 5.41) is 8.37. The zero-order valence-corrected chi connectivity index (χ0v) is 13.5. The number of carbonyl (C=O) groups is 1. The quantitative estimate of drug-likeness (QED) is 0.783. The van der Waals surface area contributed by atoms with Crippen LogP contribution in [0.2, 0.25) is 0 Å². The van der Waals surface area contributed by atoms with Gasteiger partial charge in [0.2, 0.25) is 0 Å². The predicted molar refractivity (Wildman–Crippen MR) is 77.6 cm³/mol. The Morgan fingerprint density at radius 3 is 2.58 bits per heavy atom. The Morgan fingerprint density at radius 2 is 2.00 bits per heavy atom. The van der Waals surface area contributed by atoms with Crippen LogP contribution in [0.4, 0.5) is 0 Å². The van der Waals surface area contributed by atoms with Crippen molar-refractivity contribution in [3.05, 3.63) is 26.4 Å². The lowest BCUT2D eigenvalue weighted by molar-refractivity contribution is 0.0993. The molecule has 0 aromatic carbocycles. The predicted octanol–water partition coefficient (Wildman–Crippen LogP) is 2.58. The molecule has 0 saturated heterocycles. The number of ketones is 1. The van der Waals surface area contributed by atoms with Crippen molar-refractivity contribution in [2.45, 2.75) is 33.1 Å². The molecule has 102 valence electrons. The maximum absolute atomic E-state index is 12.3. The van der Waals surface area contributed by atoms with Gasteiger partial charge in [0.15, 0.2) is 5.78 Å².